The minimum Gasteiger partial charge on any atom is -0.493 e. The molecule has 3 N–H and O–H groups in total. The molecule has 0 fully saturated rings. The maximum atomic E-state index is 12.9. The summed E-state index contributed by atoms with van der Waals surface area (Å²) in [5, 5.41) is 33.9. The fourth-order valence-corrected chi connectivity index (χ4v) is 4.12. The first-order valence-corrected chi connectivity index (χ1v) is 10.9. The van der Waals surface area contributed by atoms with E-state index >= 15 is 0 Å². The van der Waals surface area contributed by atoms with Crippen LogP contribution >= 0.6 is 0 Å². The molecule has 0 aromatic heterocycles. The summed E-state index contributed by atoms with van der Waals surface area (Å²) in [7, 11) is 4.13. The van der Waals surface area contributed by atoms with Gasteiger partial charge in [0.15, 0.2) is 11.5 Å². The first kappa shape index (κ1) is 27.5. The van der Waals surface area contributed by atoms with Crippen LogP contribution in [0.25, 0.3) is 0 Å². The minimum absolute atomic E-state index is 0.0153. The maximum absolute atomic E-state index is 12.9. The van der Waals surface area contributed by atoms with E-state index in [4.69, 9.17) is 18.9 Å². The van der Waals surface area contributed by atoms with Crippen LogP contribution in [0.3, 0.4) is 0 Å². The fraction of sp³-hybridized carbons (Fsp3) is 0.240. The lowest BCUT2D eigenvalue weighted by molar-refractivity contribution is -0.384. The Morgan fingerprint density at radius 3 is 2.08 bits per heavy atom. The molecule has 0 spiro atoms. The van der Waals surface area contributed by atoms with E-state index in [9.17, 15) is 34.7 Å². The first-order valence-electron chi connectivity index (χ1n) is 10.9. The molecule has 13 nitrogen and oxygen atoms in total. The predicted molar refractivity (Wildman–Crippen MR) is 130 cm³/mol. The number of non-ortho nitro benzene ring substituents is 1. The normalized spacial score (nSPS) is 14.9. The van der Waals surface area contributed by atoms with Gasteiger partial charge in [-0.15, -0.1) is 0 Å². The number of hydrogen-bond donors (Lipinski definition) is 3. The average molecular weight is 528 g/mol. The van der Waals surface area contributed by atoms with E-state index in [-0.39, 0.29) is 51.0 Å². The van der Waals surface area contributed by atoms with Crippen molar-refractivity contribution in [1.29, 1.82) is 0 Å². The summed E-state index contributed by atoms with van der Waals surface area (Å²) >= 11 is 0. The second-order valence-corrected chi connectivity index (χ2v) is 7.94. The monoisotopic (exact) mass is 528 g/mol. The number of aliphatic carboxylic acids is 2. The van der Waals surface area contributed by atoms with Gasteiger partial charge in [-0.3, -0.25) is 10.1 Å². The van der Waals surface area contributed by atoms with Gasteiger partial charge < -0.3 is 34.5 Å². The van der Waals surface area contributed by atoms with Crippen molar-refractivity contribution in [3.63, 3.8) is 0 Å². The van der Waals surface area contributed by atoms with Gasteiger partial charge in [0.05, 0.1) is 54.6 Å². The van der Waals surface area contributed by atoms with E-state index < -0.39 is 40.9 Å². The number of nitro groups is 1. The predicted octanol–water partition coefficient (Wildman–Crippen LogP) is 2.86. The Morgan fingerprint density at radius 2 is 1.58 bits per heavy atom. The van der Waals surface area contributed by atoms with Gasteiger partial charge in [0.1, 0.15) is 6.61 Å². The van der Waals surface area contributed by atoms with E-state index in [0.29, 0.717) is 0 Å². The Balaban J connectivity index is 2.04. The lowest BCUT2D eigenvalue weighted by Gasteiger charge is -2.29. The number of carboxylic acid groups (broad SMARTS) is 2. The number of ether oxygens (including phenoxy) is 4. The third-order valence-corrected chi connectivity index (χ3v) is 5.77. The van der Waals surface area contributed by atoms with Crippen molar-refractivity contribution in [3.8, 4) is 17.2 Å². The highest BCUT2D eigenvalue weighted by molar-refractivity contribution is 5.98. The van der Waals surface area contributed by atoms with Crippen molar-refractivity contribution >= 4 is 23.6 Å². The highest BCUT2D eigenvalue weighted by Gasteiger charge is 2.38. The number of nitrogens with one attached hydrogen (secondary N) is 1. The number of benzene rings is 2. The number of carboxylic acids is 2. The molecule has 0 saturated carbocycles. The molecule has 38 heavy (non-hydrogen) atoms. The molecule has 1 unspecified atom stereocenters. The lowest BCUT2D eigenvalue weighted by Crippen LogP contribution is -2.34. The van der Waals surface area contributed by atoms with Crippen molar-refractivity contribution < 1.29 is 48.5 Å². The van der Waals surface area contributed by atoms with Crippen LogP contribution in [-0.2, 0) is 14.3 Å². The second-order valence-electron chi connectivity index (χ2n) is 7.94. The number of methoxy groups -OCH3 is 3. The van der Waals surface area contributed by atoms with Crippen molar-refractivity contribution in [2.75, 3.05) is 27.9 Å². The van der Waals surface area contributed by atoms with E-state index in [1.165, 1.54) is 58.6 Å². The highest BCUT2D eigenvalue weighted by Crippen LogP contribution is 2.40. The SMILES string of the molecule is COc1cc(C(=O)OCC2=C(C(=O)O)C(c3cccc([N+](=O)[O-])c3)C(C(=O)O)=C(C)N2)cc(OC)c1OC. The average Bonchev–Trinajstić information content (AvgIpc) is 2.89. The third-order valence-electron chi connectivity index (χ3n) is 5.77. The van der Waals surface area contributed by atoms with E-state index in [2.05, 4.69) is 5.32 Å². The van der Waals surface area contributed by atoms with Crippen LogP contribution in [0, 0.1) is 10.1 Å². The number of nitrogens with zero attached hydrogens (tertiary/aromatic N) is 1. The summed E-state index contributed by atoms with van der Waals surface area (Å²) in [4.78, 5) is 47.9. The number of rotatable bonds is 10. The topological polar surface area (TPSA) is 184 Å². The molecule has 200 valence electrons. The Kier molecular flexibility index (Phi) is 8.20. The van der Waals surface area contributed by atoms with Crippen molar-refractivity contribution in [2.45, 2.75) is 12.8 Å². The molecule has 1 atom stereocenters. The van der Waals surface area contributed by atoms with Gasteiger partial charge >= 0.3 is 17.9 Å². The molecular weight excluding hydrogens is 504 g/mol. The van der Waals surface area contributed by atoms with Gasteiger partial charge in [-0.05, 0) is 24.6 Å². The van der Waals surface area contributed by atoms with Crippen LogP contribution < -0.4 is 19.5 Å². The summed E-state index contributed by atoms with van der Waals surface area (Å²) in [6.45, 7) is 0.834. The summed E-state index contributed by atoms with van der Waals surface area (Å²) < 4.78 is 21.0. The van der Waals surface area contributed by atoms with Crippen LogP contribution in [0.2, 0.25) is 0 Å². The van der Waals surface area contributed by atoms with Crippen LogP contribution in [-0.4, -0.2) is 61.0 Å². The van der Waals surface area contributed by atoms with Gasteiger partial charge in [-0.25, -0.2) is 14.4 Å². The number of allylic oxidation sites excluding steroid dienone is 1. The number of nitro benzene ring substituents is 1. The largest absolute Gasteiger partial charge is 0.493 e. The molecule has 2 aromatic rings. The standard InChI is InChI=1S/C25H24N2O11/c1-12-19(23(28)29)20(13-6-5-7-15(8-13)27(33)34)21(24(30)31)16(26-12)11-38-25(32)14-9-17(35-2)22(37-4)18(10-14)36-3/h5-10,20,26H,11H2,1-4H3,(H,28,29)(H,30,31). The molecule has 1 heterocycles. The fourth-order valence-electron chi connectivity index (χ4n) is 4.12. The zero-order valence-corrected chi connectivity index (χ0v) is 20.8. The van der Waals surface area contributed by atoms with Gasteiger partial charge in [0, 0.05) is 17.8 Å². The molecule has 13 heteroatoms. The molecule has 1 aliphatic rings. The maximum Gasteiger partial charge on any atom is 0.338 e. The zero-order valence-electron chi connectivity index (χ0n) is 20.8. The number of dihydropyridines is 1. The quantitative estimate of drug-likeness (QED) is 0.233. The Morgan fingerprint density at radius 1 is 0.974 bits per heavy atom. The molecule has 0 bridgehead atoms. The van der Waals surface area contributed by atoms with E-state index in [0.717, 1.165) is 6.07 Å². The smallest absolute Gasteiger partial charge is 0.338 e. The zero-order chi connectivity index (χ0) is 28.1. The van der Waals surface area contributed by atoms with Gasteiger partial charge in [0.2, 0.25) is 5.75 Å². The highest BCUT2D eigenvalue weighted by atomic mass is 16.6. The van der Waals surface area contributed by atoms with E-state index in [1.54, 1.807) is 0 Å². The van der Waals surface area contributed by atoms with Crippen molar-refractivity contribution in [2.24, 2.45) is 0 Å². The van der Waals surface area contributed by atoms with Gasteiger partial charge in [-0.1, -0.05) is 12.1 Å². The number of hydrogen-bond acceptors (Lipinski definition) is 10. The van der Waals surface area contributed by atoms with Crippen molar-refractivity contribution in [1.82, 2.24) is 5.32 Å². The number of esters is 1. The second kappa shape index (κ2) is 11.3. The molecular formula is C25H24N2O11. The molecule has 0 radical (unpaired) electrons. The Labute approximate surface area is 216 Å². The lowest BCUT2D eigenvalue weighted by atomic mass is 9.80. The van der Waals surface area contributed by atoms with Crippen LogP contribution in [0.15, 0.2) is 58.9 Å². The van der Waals surface area contributed by atoms with Gasteiger partial charge in [-0.2, -0.15) is 0 Å². The molecule has 3 rings (SSSR count). The van der Waals surface area contributed by atoms with Crippen molar-refractivity contribution in [3.05, 3.63) is 80.2 Å². The van der Waals surface area contributed by atoms with Gasteiger partial charge in [0.25, 0.3) is 5.69 Å². The summed E-state index contributed by atoms with van der Waals surface area (Å²) in [6, 6.07) is 7.73. The summed E-state index contributed by atoms with van der Waals surface area (Å²) in [6.07, 6.45) is 0. The summed E-state index contributed by atoms with van der Waals surface area (Å²) in [5.41, 5.74) is -1.03. The molecule has 2 aromatic carbocycles. The van der Waals surface area contributed by atoms with Crippen LogP contribution in [0.1, 0.15) is 28.8 Å². The molecule has 0 amide bonds. The molecule has 0 aliphatic carbocycles. The first-order chi connectivity index (χ1) is 18.0. The van der Waals surface area contributed by atoms with Crippen LogP contribution in [0.4, 0.5) is 5.69 Å². The third kappa shape index (κ3) is 5.36. The Hall–Kier alpha value is -5.07. The number of carbonyl (C=O) groups is 3. The van der Waals surface area contributed by atoms with E-state index in [1.807, 2.05) is 0 Å². The number of carbonyl (C=O) groups excluding carboxylic acids is 1. The Bertz CT molecular complexity index is 1350. The van der Waals surface area contributed by atoms with Crippen LogP contribution in [0.5, 0.6) is 17.2 Å². The summed E-state index contributed by atoms with van der Waals surface area (Å²) in [5.74, 6) is -4.54. The molecule has 1 aliphatic heterocycles. The molecule has 0 saturated heterocycles. The minimum atomic E-state index is -1.50.